The Labute approximate surface area is 118 Å². The molecule has 0 unspecified atom stereocenters. The molecule has 0 radical (unpaired) electrons. The molecule has 19 heavy (non-hydrogen) atoms. The van der Waals surface area contributed by atoms with E-state index in [9.17, 15) is 13.6 Å². The van der Waals surface area contributed by atoms with E-state index in [0.29, 0.717) is 12.6 Å². The Morgan fingerprint density at radius 2 is 2.11 bits per heavy atom. The lowest BCUT2D eigenvalue weighted by Crippen LogP contribution is -2.31. The SMILES string of the molecule is O=C(NCC[C@H]1CCCN1)c1c(F)cc(Br)cc1F. The summed E-state index contributed by atoms with van der Waals surface area (Å²) in [6, 6.07) is 2.55. The molecule has 0 spiro atoms. The number of carbonyl (C=O) groups excluding carboxylic acids is 1. The number of hydrogen-bond donors (Lipinski definition) is 2. The molecule has 1 fully saturated rings. The van der Waals surface area contributed by atoms with Gasteiger partial charge in [0.05, 0.1) is 0 Å². The molecular weight excluding hydrogens is 318 g/mol. The van der Waals surface area contributed by atoms with Crippen LogP contribution in [0.2, 0.25) is 0 Å². The predicted octanol–water partition coefficient (Wildman–Crippen LogP) is 2.60. The van der Waals surface area contributed by atoms with E-state index in [-0.39, 0.29) is 4.47 Å². The van der Waals surface area contributed by atoms with Crippen molar-refractivity contribution in [3.63, 3.8) is 0 Å². The fourth-order valence-corrected chi connectivity index (χ4v) is 2.61. The van der Waals surface area contributed by atoms with Crippen LogP contribution in [0, 0.1) is 11.6 Å². The van der Waals surface area contributed by atoms with E-state index in [2.05, 4.69) is 26.6 Å². The van der Waals surface area contributed by atoms with Crippen molar-refractivity contribution in [2.24, 2.45) is 0 Å². The highest BCUT2D eigenvalue weighted by molar-refractivity contribution is 9.10. The molecule has 1 aromatic carbocycles. The Bertz CT molecular complexity index is 453. The van der Waals surface area contributed by atoms with Gasteiger partial charge in [0.15, 0.2) is 0 Å². The summed E-state index contributed by atoms with van der Waals surface area (Å²) in [5.41, 5.74) is -0.525. The summed E-state index contributed by atoms with van der Waals surface area (Å²) < 4.78 is 27.4. The van der Waals surface area contributed by atoms with E-state index in [4.69, 9.17) is 0 Å². The minimum Gasteiger partial charge on any atom is -0.352 e. The normalized spacial score (nSPS) is 18.6. The highest BCUT2D eigenvalue weighted by atomic mass is 79.9. The van der Waals surface area contributed by atoms with Gasteiger partial charge in [0.25, 0.3) is 5.91 Å². The molecule has 3 nitrogen and oxygen atoms in total. The summed E-state index contributed by atoms with van der Waals surface area (Å²) in [6.45, 7) is 1.40. The van der Waals surface area contributed by atoms with Crippen molar-refractivity contribution in [3.8, 4) is 0 Å². The maximum Gasteiger partial charge on any atom is 0.257 e. The van der Waals surface area contributed by atoms with Gasteiger partial charge in [-0.05, 0) is 37.9 Å². The quantitative estimate of drug-likeness (QED) is 0.889. The molecule has 2 N–H and O–H groups in total. The molecule has 0 bridgehead atoms. The minimum atomic E-state index is -0.858. The Balaban J connectivity index is 1.92. The van der Waals surface area contributed by atoms with Gasteiger partial charge in [-0.25, -0.2) is 8.78 Å². The summed E-state index contributed by atoms with van der Waals surface area (Å²) in [7, 11) is 0. The highest BCUT2D eigenvalue weighted by Crippen LogP contribution is 2.19. The van der Waals surface area contributed by atoms with E-state index in [0.717, 1.165) is 37.9 Å². The zero-order valence-corrected chi connectivity index (χ0v) is 11.9. The van der Waals surface area contributed by atoms with Crippen molar-refractivity contribution in [2.75, 3.05) is 13.1 Å². The Hall–Kier alpha value is -1.01. The van der Waals surface area contributed by atoms with Crippen LogP contribution in [0.4, 0.5) is 8.78 Å². The van der Waals surface area contributed by atoms with Crippen LogP contribution in [0.15, 0.2) is 16.6 Å². The third-order valence-corrected chi connectivity index (χ3v) is 3.63. The smallest absolute Gasteiger partial charge is 0.257 e. The number of benzene rings is 1. The molecule has 1 amide bonds. The van der Waals surface area contributed by atoms with Crippen LogP contribution in [-0.4, -0.2) is 25.0 Å². The number of rotatable bonds is 4. The molecule has 1 aromatic rings. The van der Waals surface area contributed by atoms with Crippen LogP contribution in [0.5, 0.6) is 0 Å². The van der Waals surface area contributed by atoms with Crippen molar-refractivity contribution < 1.29 is 13.6 Å². The van der Waals surface area contributed by atoms with Crippen molar-refractivity contribution in [3.05, 3.63) is 33.8 Å². The van der Waals surface area contributed by atoms with Gasteiger partial charge in [-0.1, -0.05) is 15.9 Å². The summed E-state index contributed by atoms with van der Waals surface area (Å²) in [5, 5.41) is 5.85. The fraction of sp³-hybridized carbons (Fsp3) is 0.462. The zero-order valence-electron chi connectivity index (χ0n) is 10.3. The second-order valence-electron chi connectivity index (χ2n) is 4.58. The Morgan fingerprint density at radius 3 is 2.68 bits per heavy atom. The number of amides is 1. The van der Waals surface area contributed by atoms with Gasteiger partial charge in [-0.15, -0.1) is 0 Å². The first-order valence-electron chi connectivity index (χ1n) is 6.24. The first-order valence-corrected chi connectivity index (χ1v) is 7.03. The Kier molecular flexibility index (Phi) is 4.87. The largest absolute Gasteiger partial charge is 0.352 e. The first kappa shape index (κ1) is 14.4. The van der Waals surface area contributed by atoms with Crippen LogP contribution < -0.4 is 10.6 Å². The number of hydrogen-bond acceptors (Lipinski definition) is 2. The standard InChI is InChI=1S/C13H15BrF2N2O/c14-8-6-10(15)12(11(16)7-8)13(19)18-5-3-9-2-1-4-17-9/h6-7,9,17H,1-5H2,(H,18,19)/t9-/m1/s1. The molecule has 1 aliphatic rings. The molecule has 104 valence electrons. The van der Waals surface area contributed by atoms with Gasteiger partial charge in [0.2, 0.25) is 0 Å². The Morgan fingerprint density at radius 1 is 1.42 bits per heavy atom. The summed E-state index contributed by atoms with van der Waals surface area (Å²) >= 11 is 2.97. The maximum absolute atomic E-state index is 13.5. The van der Waals surface area contributed by atoms with Crippen molar-refractivity contribution in [2.45, 2.75) is 25.3 Å². The van der Waals surface area contributed by atoms with Gasteiger partial charge in [-0.2, -0.15) is 0 Å². The second-order valence-corrected chi connectivity index (χ2v) is 5.50. The molecule has 1 aliphatic heterocycles. The molecule has 0 saturated carbocycles. The molecule has 0 aromatic heterocycles. The number of carbonyl (C=O) groups is 1. The molecule has 1 heterocycles. The van der Waals surface area contributed by atoms with E-state index in [1.165, 1.54) is 0 Å². The van der Waals surface area contributed by atoms with Crippen LogP contribution >= 0.6 is 15.9 Å². The molecule has 2 rings (SSSR count). The third-order valence-electron chi connectivity index (χ3n) is 3.17. The zero-order chi connectivity index (χ0) is 13.8. The van der Waals surface area contributed by atoms with E-state index >= 15 is 0 Å². The van der Waals surface area contributed by atoms with E-state index in [1.807, 2.05) is 0 Å². The average molecular weight is 333 g/mol. The van der Waals surface area contributed by atoms with Crippen molar-refractivity contribution in [1.82, 2.24) is 10.6 Å². The van der Waals surface area contributed by atoms with Gasteiger partial charge < -0.3 is 10.6 Å². The number of halogens is 3. The van der Waals surface area contributed by atoms with E-state index in [1.54, 1.807) is 0 Å². The highest BCUT2D eigenvalue weighted by Gasteiger charge is 2.19. The van der Waals surface area contributed by atoms with Crippen LogP contribution in [-0.2, 0) is 0 Å². The van der Waals surface area contributed by atoms with Crippen LogP contribution in [0.25, 0.3) is 0 Å². The predicted molar refractivity (Wildman–Crippen MR) is 72.0 cm³/mol. The fourth-order valence-electron chi connectivity index (χ4n) is 2.21. The van der Waals surface area contributed by atoms with Gasteiger partial charge in [0.1, 0.15) is 17.2 Å². The topological polar surface area (TPSA) is 41.1 Å². The summed E-state index contributed by atoms with van der Waals surface area (Å²) in [4.78, 5) is 11.7. The molecule has 1 saturated heterocycles. The lowest BCUT2D eigenvalue weighted by molar-refractivity contribution is 0.0944. The van der Waals surface area contributed by atoms with Crippen LogP contribution in [0.3, 0.4) is 0 Å². The average Bonchev–Trinajstić information content (AvgIpc) is 2.80. The summed E-state index contributed by atoms with van der Waals surface area (Å²) in [5.74, 6) is -2.42. The molecule has 1 atom stereocenters. The van der Waals surface area contributed by atoms with E-state index < -0.39 is 23.1 Å². The monoisotopic (exact) mass is 332 g/mol. The maximum atomic E-state index is 13.5. The molecule has 6 heteroatoms. The van der Waals surface area contributed by atoms with Crippen molar-refractivity contribution in [1.29, 1.82) is 0 Å². The van der Waals surface area contributed by atoms with Crippen molar-refractivity contribution >= 4 is 21.8 Å². The third kappa shape index (κ3) is 3.73. The van der Waals surface area contributed by atoms with Gasteiger partial charge >= 0.3 is 0 Å². The lowest BCUT2D eigenvalue weighted by Gasteiger charge is -2.11. The lowest BCUT2D eigenvalue weighted by atomic mass is 10.1. The van der Waals surface area contributed by atoms with Gasteiger partial charge in [-0.3, -0.25) is 4.79 Å². The summed E-state index contributed by atoms with van der Waals surface area (Å²) in [6.07, 6.45) is 2.98. The number of nitrogens with one attached hydrogen (secondary N) is 2. The molecular formula is C13H15BrF2N2O. The first-order chi connectivity index (χ1) is 9.08. The van der Waals surface area contributed by atoms with Gasteiger partial charge in [0, 0.05) is 17.1 Å². The second kappa shape index (κ2) is 6.43. The van der Waals surface area contributed by atoms with Crippen LogP contribution in [0.1, 0.15) is 29.6 Å². The minimum absolute atomic E-state index is 0.272. The molecule has 0 aliphatic carbocycles.